The normalized spacial score (nSPS) is 10.3. The molecule has 0 saturated heterocycles. The molecule has 2 rings (SSSR count). The van der Waals surface area contributed by atoms with Crippen LogP contribution >= 0.6 is 0 Å². The van der Waals surface area contributed by atoms with Gasteiger partial charge >= 0.3 is 0 Å². The highest BCUT2D eigenvalue weighted by molar-refractivity contribution is 5.44. The van der Waals surface area contributed by atoms with Crippen LogP contribution in [0.5, 0.6) is 11.5 Å². The van der Waals surface area contributed by atoms with Gasteiger partial charge in [0.2, 0.25) is 0 Å². The second kappa shape index (κ2) is 4.41. The van der Waals surface area contributed by atoms with Crippen molar-refractivity contribution in [3.8, 4) is 11.5 Å². The van der Waals surface area contributed by atoms with Crippen LogP contribution in [0.3, 0.4) is 0 Å². The first kappa shape index (κ1) is 11.4. The van der Waals surface area contributed by atoms with E-state index in [0.29, 0.717) is 17.0 Å². The average Bonchev–Trinajstić information content (AvgIpc) is 2.27. The largest absolute Gasteiger partial charge is 0.454 e. The lowest BCUT2D eigenvalue weighted by atomic mass is 10.2. The maximum absolute atomic E-state index is 13.4. The molecule has 0 bridgehead atoms. The number of hydrogen-bond donors (Lipinski definition) is 1. The zero-order valence-corrected chi connectivity index (χ0v) is 9.21. The lowest BCUT2D eigenvalue weighted by Crippen LogP contribution is -1.92. The van der Waals surface area contributed by atoms with Crippen LogP contribution in [0.2, 0.25) is 0 Å². The first-order valence-corrected chi connectivity index (χ1v) is 5.05. The Morgan fingerprint density at radius 1 is 1.00 bits per heavy atom. The minimum absolute atomic E-state index is 0.0604. The molecule has 0 aliphatic heterocycles. The van der Waals surface area contributed by atoms with Crippen molar-refractivity contribution in [2.45, 2.75) is 6.92 Å². The third-order valence-corrected chi connectivity index (χ3v) is 2.31. The summed E-state index contributed by atoms with van der Waals surface area (Å²) in [6.45, 7) is 1.61. The van der Waals surface area contributed by atoms with Crippen molar-refractivity contribution in [2.75, 3.05) is 5.73 Å². The Labute approximate surface area is 97.6 Å². The van der Waals surface area contributed by atoms with E-state index in [1.807, 2.05) is 0 Å². The van der Waals surface area contributed by atoms with Crippen molar-refractivity contribution in [1.82, 2.24) is 0 Å². The molecule has 0 spiro atoms. The fourth-order valence-corrected chi connectivity index (χ4v) is 1.41. The number of ether oxygens (including phenoxy) is 1. The molecule has 2 N–H and O–H groups in total. The molecule has 2 aromatic carbocycles. The average molecular weight is 235 g/mol. The molecule has 0 fully saturated rings. The van der Waals surface area contributed by atoms with E-state index in [1.165, 1.54) is 36.4 Å². The van der Waals surface area contributed by atoms with Gasteiger partial charge in [0.05, 0.1) is 0 Å². The summed E-state index contributed by atoms with van der Waals surface area (Å²) < 4.78 is 31.8. The van der Waals surface area contributed by atoms with Gasteiger partial charge < -0.3 is 10.5 Å². The molecule has 88 valence electrons. The van der Waals surface area contributed by atoms with Crippen LogP contribution in [0.15, 0.2) is 36.4 Å². The van der Waals surface area contributed by atoms with Gasteiger partial charge in [0.1, 0.15) is 11.6 Å². The summed E-state index contributed by atoms with van der Waals surface area (Å²) >= 11 is 0. The maximum atomic E-state index is 13.4. The van der Waals surface area contributed by atoms with Gasteiger partial charge in [0.25, 0.3) is 0 Å². The molecule has 2 nitrogen and oxygen atoms in total. The predicted molar refractivity (Wildman–Crippen MR) is 62.0 cm³/mol. The van der Waals surface area contributed by atoms with Crippen LogP contribution < -0.4 is 10.5 Å². The summed E-state index contributed by atoms with van der Waals surface area (Å²) in [5, 5.41) is 0. The molecule has 0 atom stereocenters. The zero-order valence-electron chi connectivity index (χ0n) is 9.21. The fourth-order valence-electron chi connectivity index (χ4n) is 1.41. The molecule has 0 aromatic heterocycles. The first-order chi connectivity index (χ1) is 8.06. The first-order valence-electron chi connectivity index (χ1n) is 5.05. The van der Waals surface area contributed by atoms with Crippen LogP contribution in [0.4, 0.5) is 14.5 Å². The van der Waals surface area contributed by atoms with Crippen LogP contribution in [0.1, 0.15) is 5.56 Å². The highest BCUT2D eigenvalue weighted by atomic mass is 19.1. The summed E-state index contributed by atoms with van der Waals surface area (Å²) in [6.07, 6.45) is 0. The second-order valence-corrected chi connectivity index (χ2v) is 3.70. The summed E-state index contributed by atoms with van der Waals surface area (Å²) in [5.74, 6) is -0.431. The van der Waals surface area contributed by atoms with Crippen molar-refractivity contribution < 1.29 is 13.5 Å². The Morgan fingerprint density at radius 2 is 1.76 bits per heavy atom. The Kier molecular flexibility index (Phi) is 2.95. The Balaban J connectivity index is 2.28. The summed E-state index contributed by atoms with van der Waals surface area (Å²) in [5.41, 5.74) is 6.19. The molecule has 0 aliphatic rings. The zero-order chi connectivity index (χ0) is 12.4. The molecule has 17 heavy (non-hydrogen) atoms. The molecular weight excluding hydrogens is 224 g/mol. The van der Waals surface area contributed by atoms with Gasteiger partial charge in [0.15, 0.2) is 11.6 Å². The predicted octanol–water partition coefficient (Wildman–Crippen LogP) is 3.65. The molecular formula is C13H11F2NO. The Bertz CT molecular complexity index is 555. The smallest absolute Gasteiger partial charge is 0.167 e. The maximum Gasteiger partial charge on any atom is 0.167 e. The van der Waals surface area contributed by atoms with E-state index in [1.54, 1.807) is 6.92 Å². The van der Waals surface area contributed by atoms with E-state index in [-0.39, 0.29) is 11.6 Å². The van der Waals surface area contributed by atoms with Gasteiger partial charge in [-0.15, -0.1) is 0 Å². The van der Waals surface area contributed by atoms with Crippen molar-refractivity contribution in [2.24, 2.45) is 0 Å². The van der Waals surface area contributed by atoms with E-state index in [9.17, 15) is 8.78 Å². The van der Waals surface area contributed by atoms with Crippen LogP contribution in [0.25, 0.3) is 0 Å². The monoisotopic (exact) mass is 235 g/mol. The molecule has 0 unspecified atom stereocenters. The fraction of sp³-hybridized carbons (Fsp3) is 0.0769. The van der Waals surface area contributed by atoms with Gasteiger partial charge in [-0.05, 0) is 42.8 Å². The van der Waals surface area contributed by atoms with E-state index < -0.39 is 5.82 Å². The quantitative estimate of drug-likeness (QED) is 0.806. The summed E-state index contributed by atoms with van der Waals surface area (Å²) in [7, 11) is 0. The molecule has 0 heterocycles. The SMILES string of the molecule is Cc1cc(Oc2ccc(N)cc2F)ccc1F. The van der Waals surface area contributed by atoms with Gasteiger partial charge in [-0.3, -0.25) is 0 Å². The van der Waals surface area contributed by atoms with Crippen molar-refractivity contribution in [3.63, 3.8) is 0 Å². The third-order valence-electron chi connectivity index (χ3n) is 2.31. The highest BCUT2D eigenvalue weighted by Crippen LogP contribution is 2.26. The Hall–Kier alpha value is -2.10. The minimum Gasteiger partial charge on any atom is -0.454 e. The highest BCUT2D eigenvalue weighted by Gasteiger charge is 2.06. The van der Waals surface area contributed by atoms with Crippen LogP contribution in [-0.4, -0.2) is 0 Å². The number of hydrogen-bond acceptors (Lipinski definition) is 2. The topological polar surface area (TPSA) is 35.2 Å². The second-order valence-electron chi connectivity index (χ2n) is 3.70. The number of nitrogen functional groups attached to an aromatic ring is 1. The summed E-state index contributed by atoms with van der Waals surface area (Å²) in [4.78, 5) is 0. The van der Waals surface area contributed by atoms with Crippen molar-refractivity contribution >= 4 is 5.69 Å². The van der Waals surface area contributed by atoms with Gasteiger partial charge in [-0.2, -0.15) is 0 Å². The van der Waals surface area contributed by atoms with E-state index >= 15 is 0 Å². The number of benzene rings is 2. The lowest BCUT2D eigenvalue weighted by Gasteiger charge is -2.08. The molecule has 2 aromatic rings. The van der Waals surface area contributed by atoms with Crippen molar-refractivity contribution in [1.29, 1.82) is 0 Å². The number of halogens is 2. The lowest BCUT2D eigenvalue weighted by molar-refractivity contribution is 0.441. The molecule has 4 heteroatoms. The third kappa shape index (κ3) is 2.53. The number of anilines is 1. The number of nitrogens with two attached hydrogens (primary N) is 1. The number of aryl methyl sites for hydroxylation is 1. The van der Waals surface area contributed by atoms with Crippen molar-refractivity contribution in [3.05, 3.63) is 53.6 Å². The van der Waals surface area contributed by atoms with E-state index in [0.717, 1.165) is 0 Å². The van der Waals surface area contributed by atoms with Gasteiger partial charge in [-0.25, -0.2) is 8.78 Å². The van der Waals surface area contributed by atoms with Crippen LogP contribution in [0, 0.1) is 18.6 Å². The van der Waals surface area contributed by atoms with E-state index in [2.05, 4.69) is 0 Å². The summed E-state index contributed by atoms with van der Waals surface area (Å²) in [6, 6.07) is 8.37. The van der Waals surface area contributed by atoms with E-state index in [4.69, 9.17) is 10.5 Å². The standard InChI is InChI=1S/C13H11F2NO/c1-8-6-10(3-4-11(8)14)17-13-5-2-9(16)7-12(13)15/h2-7H,16H2,1H3. The minimum atomic E-state index is -0.549. The van der Waals surface area contributed by atoms with Gasteiger partial charge in [0, 0.05) is 11.8 Å². The number of rotatable bonds is 2. The Morgan fingerprint density at radius 3 is 2.41 bits per heavy atom. The molecule has 0 amide bonds. The molecule has 0 saturated carbocycles. The molecule has 0 radical (unpaired) electrons. The molecule has 0 aliphatic carbocycles. The van der Waals surface area contributed by atoms with Crippen LogP contribution in [-0.2, 0) is 0 Å². The van der Waals surface area contributed by atoms with Gasteiger partial charge in [-0.1, -0.05) is 0 Å².